The minimum atomic E-state index is -0.211. The molecule has 2 saturated heterocycles. The van der Waals surface area contributed by atoms with Gasteiger partial charge in [-0.05, 0) is 67.7 Å². The number of urea groups is 1. The molecule has 2 heterocycles. The zero-order chi connectivity index (χ0) is 16.1. The Kier molecular flexibility index (Phi) is 3.77. The van der Waals surface area contributed by atoms with Crippen LogP contribution >= 0.6 is 11.6 Å². The summed E-state index contributed by atoms with van der Waals surface area (Å²) in [6.45, 7) is 2.27. The molecule has 0 spiro atoms. The summed E-state index contributed by atoms with van der Waals surface area (Å²) in [5.74, 6) is 1.04. The van der Waals surface area contributed by atoms with E-state index in [0.717, 1.165) is 54.3 Å². The van der Waals surface area contributed by atoms with Crippen molar-refractivity contribution in [1.29, 1.82) is 0 Å². The number of benzene rings is 1. The van der Waals surface area contributed by atoms with E-state index in [2.05, 4.69) is 12.2 Å². The Labute approximate surface area is 141 Å². The van der Waals surface area contributed by atoms with Gasteiger partial charge < -0.3 is 15.3 Å². The third-order valence-corrected chi connectivity index (χ3v) is 6.06. The first-order valence-electron chi connectivity index (χ1n) is 8.58. The molecule has 2 amide bonds. The fourth-order valence-corrected chi connectivity index (χ4v) is 4.71. The number of piperidine rings is 1. The molecule has 4 fully saturated rings. The van der Waals surface area contributed by atoms with Crippen LogP contribution in [0.1, 0.15) is 50.5 Å². The molecule has 1 aromatic carbocycles. The Hall–Kier alpha value is -1.26. The molecule has 2 saturated carbocycles. The molecule has 4 aliphatic rings. The lowest BCUT2D eigenvalue weighted by Crippen LogP contribution is -2.63. The van der Waals surface area contributed by atoms with Gasteiger partial charge >= 0.3 is 6.03 Å². The summed E-state index contributed by atoms with van der Waals surface area (Å²) in [5.41, 5.74) is 1.83. The van der Waals surface area contributed by atoms with E-state index in [9.17, 15) is 9.90 Å². The Balaban J connectivity index is 1.45. The second-order valence-electron chi connectivity index (χ2n) is 7.52. The summed E-state index contributed by atoms with van der Waals surface area (Å²) in [5, 5.41) is 13.2. The summed E-state index contributed by atoms with van der Waals surface area (Å²) >= 11 is 6.28. The van der Waals surface area contributed by atoms with Crippen molar-refractivity contribution in [2.45, 2.75) is 63.1 Å². The van der Waals surface area contributed by atoms with Crippen molar-refractivity contribution < 1.29 is 9.90 Å². The number of amides is 2. The molecule has 1 aromatic rings. The minimum absolute atomic E-state index is 0.0140. The lowest BCUT2D eigenvalue weighted by molar-refractivity contribution is -0.00601. The topological polar surface area (TPSA) is 52.6 Å². The van der Waals surface area contributed by atoms with Crippen molar-refractivity contribution in [2.24, 2.45) is 5.92 Å². The highest BCUT2D eigenvalue weighted by Crippen LogP contribution is 2.42. The van der Waals surface area contributed by atoms with Crippen LogP contribution in [0.15, 0.2) is 18.2 Å². The van der Waals surface area contributed by atoms with E-state index in [4.69, 9.17) is 11.6 Å². The van der Waals surface area contributed by atoms with Gasteiger partial charge in [0, 0.05) is 22.8 Å². The van der Waals surface area contributed by atoms with Gasteiger partial charge in [-0.2, -0.15) is 0 Å². The molecule has 2 unspecified atom stereocenters. The van der Waals surface area contributed by atoms with E-state index in [1.54, 1.807) is 0 Å². The van der Waals surface area contributed by atoms with Crippen LogP contribution in [-0.2, 0) is 0 Å². The van der Waals surface area contributed by atoms with E-state index in [1.165, 1.54) is 0 Å². The molecule has 2 aliphatic carbocycles. The summed E-state index contributed by atoms with van der Waals surface area (Å²) in [7, 11) is 0. The number of nitrogens with one attached hydrogen (secondary N) is 1. The van der Waals surface area contributed by atoms with Crippen molar-refractivity contribution in [1.82, 2.24) is 4.90 Å². The lowest BCUT2D eigenvalue weighted by Gasteiger charge is -2.54. The highest BCUT2D eigenvalue weighted by molar-refractivity contribution is 6.31. The van der Waals surface area contributed by atoms with Crippen molar-refractivity contribution in [3.05, 3.63) is 28.8 Å². The van der Waals surface area contributed by atoms with Crippen LogP contribution in [0.3, 0.4) is 0 Å². The predicted octanol–water partition coefficient (Wildman–Crippen LogP) is 3.98. The average Bonchev–Trinajstić information content (AvgIpc) is 2.45. The van der Waals surface area contributed by atoms with Gasteiger partial charge in [0.05, 0.1) is 6.10 Å². The third-order valence-electron chi connectivity index (χ3n) is 5.71. The van der Waals surface area contributed by atoms with Crippen LogP contribution in [0.25, 0.3) is 0 Å². The van der Waals surface area contributed by atoms with Gasteiger partial charge in [-0.1, -0.05) is 18.5 Å². The Morgan fingerprint density at radius 2 is 1.91 bits per heavy atom. The Morgan fingerprint density at radius 3 is 2.57 bits per heavy atom. The fourth-order valence-electron chi connectivity index (χ4n) is 4.44. The number of aliphatic hydroxyl groups excluding tert-OH is 1. The molecular weight excluding hydrogens is 312 g/mol. The van der Waals surface area contributed by atoms with Crippen LogP contribution in [0.5, 0.6) is 0 Å². The number of carbonyl (C=O) groups is 1. The van der Waals surface area contributed by atoms with E-state index in [1.807, 2.05) is 23.1 Å². The maximum absolute atomic E-state index is 12.6. The van der Waals surface area contributed by atoms with Gasteiger partial charge in [0.25, 0.3) is 0 Å². The van der Waals surface area contributed by atoms with Gasteiger partial charge in [0.1, 0.15) is 0 Å². The van der Waals surface area contributed by atoms with E-state index < -0.39 is 0 Å². The SMILES string of the molecule is CC1CC2C[C@@H](C1)N2C(=O)Nc1ccc(Cl)c(C2CC(O)C2)c1. The smallest absolute Gasteiger partial charge is 0.322 e. The summed E-state index contributed by atoms with van der Waals surface area (Å²) in [6.07, 6.45) is 4.70. The van der Waals surface area contributed by atoms with Crippen molar-refractivity contribution in [3.63, 3.8) is 0 Å². The molecular formula is C18H23ClN2O2. The average molecular weight is 335 g/mol. The van der Waals surface area contributed by atoms with Gasteiger partial charge in [-0.25, -0.2) is 4.79 Å². The number of halogens is 1. The number of carbonyl (C=O) groups excluding carboxylic acids is 1. The number of aliphatic hydroxyl groups is 1. The molecule has 5 heteroatoms. The number of hydrogen-bond acceptors (Lipinski definition) is 2. The molecule has 124 valence electrons. The van der Waals surface area contributed by atoms with E-state index in [0.29, 0.717) is 18.0 Å². The van der Waals surface area contributed by atoms with Crippen LogP contribution in [-0.4, -0.2) is 34.2 Å². The molecule has 2 aliphatic heterocycles. The standard InChI is InChI=1S/C18H23ClN2O2/c1-10-4-13-9-14(5-10)21(13)18(23)20-12-2-3-17(19)16(8-12)11-6-15(22)7-11/h2-3,8,10-11,13-15,22H,4-7,9H2,1H3,(H,20,23)/t10?,11?,13-,14?,15?/m1/s1. The number of rotatable bonds is 2. The van der Waals surface area contributed by atoms with Gasteiger partial charge in [0.15, 0.2) is 0 Å². The maximum Gasteiger partial charge on any atom is 0.322 e. The van der Waals surface area contributed by atoms with Crippen LogP contribution in [0.2, 0.25) is 5.02 Å². The minimum Gasteiger partial charge on any atom is -0.393 e. The molecule has 4 nitrogen and oxygen atoms in total. The lowest BCUT2D eigenvalue weighted by atomic mass is 9.74. The van der Waals surface area contributed by atoms with Crippen LogP contribution in [0, 0.1) is 5.92 Å². The summed E-state index contributed by atoms with van der Waals surface area (Å²) in [4.78, 5) is 14.6. The number of fused-ring (bicyclic) bond motifs is 2. The predicted molar refractivity (Wildman–Crippen MR) is 90.9 cm³/mol. The zero-order valence-electron chi connectivity index (χ0n) is 13.3. The fraction of sp³-hybridized carbons (Fsp3) is 0.611. The molecule has 23 heavy (non-hydrogen) atoms. The molecule has 0 radical (unpaired) electrons. The first-order valence-corrected chi connectivity index (χ1v) is 8.96. The summed E-state index contributed by atoms with van der Waals surface area (Å²) in [6, 6.07) is 6.51. The molecule has 5 rings (SSSR count). The normalized spacial score (nSPS) is 35.3. The molecule has 2 bridgehead atoms. The zero-order valence-corrected chi connectivity index (χ0v) is 14.1. The van der Waals surface area contributed by atoms with Crippen molar-refractivity contribution >= 4 is 23.3 Å². The monoisotopic (exact) mass is 334 g/mol. The highest BCUT2D eigenvalue weighted by atomic mass is 35.5. The van der Waals surface area contributed by atoms with E-state index in [-0.39, 0.29) is 12.1 Å². The highest BCUT2D eigenvalue weighted by Gasteiger charge is 2.46. The first kappa shape index (κ1) is 15.3. The summed E-state index contributed by atoms with van der Waals surface area (Å²) < 4.78 is 0. The van der Waals surface area contributed by atoms with Gasteiger partial charge in [0.2, 0.25) is 0 Å². The quantitative estimate of drug-likeness (QED) is 0.859. The van der Waals surface area contributed by atoms with Crippen molar-refractivity contribution in [3.8, 4) is 0 Å². The second kappa shape index (κ2) is 5.67. The third kappa shape index (κ3) is 2.72. The van der Waals surface area contributed by atoms with Gasteiger partial charge in [-0.15, -0.1) is 0 Å². The van der Waals surface area contributed by atoms with Crippen LogP contribution in [0.4, 0.5) is 10.5 Å². The largest absolute Gasteiger partial charge is 0.393 e. The molecule has 3 atom stereocenters. The molecule has 2 N–H and O–H groups in total. The number of anilines is 1. The second-order valence-corrected chi connectivity index (χ2v) is 7.92. The maximum atomic E-state index is 12.6. The number of hydrogen-bond donors (Lipinski definition) is 2. The number of nitrogens with zero attached hydrogens (tertiary/aromatic N) is 1. The van der Waals surface area contributed by atoms with E-state index >= 15 is 0 Å². The van der Waals surface area contributed by atoms with Crippen LogP contribution < -0.4 is 5.32 Å². The molecule has 0 aromatic heterocycles. The van der Waals surface area contributed by atoms with Crippen molar-refractivity contribution in [2.75, 3.05) is 5.32 Å². The first-order chi connectivity index (χ1) is 11.0. The Morgan fingerprint density at radius 1 is 1.22 bits per heavy atom. The van der Waals surface area contributed by atoms with Gasteiger partial charge in [-0.3, -0.25) is 0 Å². The Bertz CT molecular complexity index is 617.